The second-order valence-electron chi connectivity index (χ2n) is 5.79. The third-order valence-corrected chi connectivity index (χ3v) is 5.86. The highest BCUT2D eigenvalue weighted by atomic mass is 35.5. The van der Waals surface area contributed by atoms with Crippen LogP contribution in [0, 0.1) is 0 Å². The largest absolute Gasteiger partial charge is 0.396 e. The summed E-state index contributed by atoms with van der Waals surface area (Å²) in [6.07, 6.45) is 0.695. The van der Waals surface area contributed by atoms with Gasteiger partial charge in [-0.25, -0.2) is 8.42 Å². The number of sulfonamides is 1. The molecule has 0 aromatic heterocycles. The molecule has 9 heteroatoms. The number of carbonyl (C=O) groups is 1. The minimum absolute atomic E-state index is 0.00138. The normalized spacial score (nSPS) is 11.2. The van der Waals surface area contributed by atoms with Gasteiger partial charge in [-0.15, -0.1) is 0 Å². The van der Waals surface area contributed by atoms with E-state index in [0.29, 0.717) is 39.8 Å². The number of hydrogen-bond donors (Lipinski definition) is 3. The van der Waals surface area contributed by atoms with E-state index in [1.165, 1.54) is 24.3 Å². The summed E-state index contributed by atoms with van der Waals surface area (Å²) >= 11 is 12.0. The molecule has 0 saturated carbocycles. The van der Waals surface area contributed by atoms with Crippen LogP contribution >= 0.6 is 23.2 Å². The maximum absolute atomic E-state index is 12.3. The van der Waals surface area contributed by atoms with Gasteiger partial charge >= 0.3 is 0 Å². The quantitative estimate of drug-likeness (QED) is 0.532. The zero-order chi connectivity index (χ0) is 19.9. The van der Waals surface area contributed by atoms with Gasteiger partial charge in [-0.1, -0.05) is 35.3 Å². The molecule has 0 radical (unpaired) electrons. The average molecular weight is 431 g/mol. The van der Waals surface area contributed by atoms with Crippen molar-refractivity contribution in [1.29, 1.82) is 0 Å². The summed E-state index contributed by atoms with van der Waals surface area (Å²) < 4.78 is 27.0. The predicted octanol–water partition coefficient (Wildman–Crippen LogP) is 3.09. The summed E-state index contributed by atoms with van der Waals surface area (Å²) in [6, 6.07) is 11.2. The van der Waals surface area contributed by atoms with Crippen LogP contribution in [0.4, 0.5) is 5.69 Å². The summed E-state index contributed by atoms with van der Waals surface area (Å²) in [4.78, 5) is 11.9. The van der Waals surface area contributed by atoms with E-state index in [9.17, 15) is 13.2 Å². The van der Waals surface area contributed by atoms with Crippen molar-refractivity contribution in [3.63, 3.8) is 0 Å². The summed E-state index contributed by atoms with van der Waals surface area (Å²) in [7, 11) is -3.59. The molecule has 0 fully saturated rings. The summed E-state index contributed by atoms with van der Waals surface area (Å²) in [6.45, 7) is 0.372. The van der Waals surface area contributed by atoms with Crippen LogP contribution in [-0.2, 0) is 16.4 Å². The molecule has 27 heavy (non-hydrogen) atoms. The van der Waals surface area contributed by atoms with E-state index in [1.54, 1.807) is 18.2 Å². The first-order valence-corrected chi connectivity index (χ1v) is 10.7. The van der Waals surface area contributed by atoms with Gasteiger partial charge in [0.25, 0.3) is 5.91 Å². The van der Waals surface area contributed by atoms with E-state index >= 15 is 0 Å². The Morgan fingerprint density at radius 3 is 2.44 bits per heavy atom. The third-order valence-electron chi connectivity index (χ3n) is 3.71. The lowest BCUT2D eigenvalue weighted by Gasteiger charge is -2.10. The van der Waals surface area contributed by atoms with Gasteiger partial charge in [-0.2, -0.15) is 0 Å². The molecule has 1 amide bonds. The zero-order valence-electron chi connectivity index (χ0n) is 14.4. The van der Waals surface area contributed by atoms with Gasteiger partial charge in [0.05, 0.1) is 15.8 Å². The Morgan fingerprint density at radius 1 is 1.07 bits per heavy atom. The molecule has 0 aliphatic rings. The molecule has 0 unspecified atom stereocenters. The van der Waals surface area contributed by atoms with Gasteiger partial charge in [0.15, 0.2) is 0 Å². The van der Waals surface area contributed by atoms with E-state index in [1.807, 2.05) is 0 Å². The SMILES string of the molecule is O=C(NCCCO)c1ccc(NS(=O)(=O)CCc2cccc(Cl)c2Cl)cc1. The molecule has 0 heterocycles. The Kier molecular flexibility index (Phi) is 7.91. The van der Waals surface area contributed by atoms with Gasteiger partial charge in [0, 0.05) is 24.4 Å². The number of hydrogen-bond acceptors (Lipinski definition) is 4. The van der Waals surface area contributed by atoms with Crippen LogP contribution in [0.3, 0.4) is 0 Å². The molecule has 0 bridgehead atoms. The number of aliphatic hydroxyl groups is 1. The molecule has 146 valence electrons. The Hall–Kier alpha value is -1.80. The third kappa shape index (κ3) is 6.70. The Labute approximate surface area is 168 Å². The highest BCUT2D eigenvalue weighted by Crippen LogP contribution is 2.26. The topological polar surface area (TPSA) is 95.5 Å². The molecule has 0 spiro atoms. The fourth-order valence-corrected chi connectivity index (χ4v) is 3.79. The number of nitrogens with one attached hydrogen (secondary N) is 2. The number of halogens is 2. The first kappa shape index (κ1) is 21.5. The van der Waals surface area contributed by atoms with Crippen LogP contribution in [0.5, 0.6) is 0 Å². The van der Waals surface area contributed by atoms with Crippen LogP contribution < -0.4 is 10.0 Å². The molecular formula is C18H20Cl2N2O4S. The van der Waals surface area contributed by atoms with Crippen LogP contribution in [0.1, 0.15) is 22.3 Å². The average Bonchev–Trinajstić information content (AvgIpc) is 2.63. The van der Waals surface area contributed by atoms with E-state index in [0.717, 1.165) is 0 Å². The zero-order valence-corrected chi connectivity index (χ0v) is 16.7. The fraction of sp³-hybridized carbons (Fsp3) is 0.278. The number of anilines is 1. The van der Waals surface area contributed by atoms with E-state index < -0.39 is 10.0 Å². The van der Waals surface area contributed by atoms with Crippen molar-refractivity contribution in [2.24, 2.45) is 0 Å². The van der Waals surface area contributed by atoms with Crippen LogP contribution in [-0.4, -0.2) is 38.3 Å². The van der Waals surface area contributed by atoms with Crippen molar-refractivity contribution in [3.05, 3.63) is 63.6 Å². The molecule has 0 atom stereocenters. The number of rotatable bonds is 9. The van der Waals surface area contributed by atoms with Crippen LogP contribution in [0.2, 0.25) is 10.0 Å². The maximum atomic E-state index is 12.3. The van der Waals surface area contributed by atoms with E-state index in [2.05, 4.69) is 10.0 Å². The highest BCUT2D eigenvalue weighted by Gasteiger charge is 2.14. The van der Waals surface area contributed by atoms with Gasteiger partial charge < -0.3 is 10.4 Å². The van der Waals surface area contributed by atoms with Crippen LogP contribution in [0.25, 0.3) is 0 Å². The second-order valence-corrected chi connectivity index (χ2v) is 8.42. The minimum atomic E-state index is -3.59. The first-order chi connectivity index (χ1) is 12.8. The van der Waals surface area contributed by atoms with Gasteiger partial charge in [-0.3, -0.25) is 9.52 Å². The van der Waals surface area contributed by atoms with Gasteiger partial charge in [-0.05, 0) is 48.7 Å². The number of benzene rings is 2. The predicted molar refractivity (Wildman–Crippen MR) is 108 cm³/mol. The number of aryl methyl sites for hydroxylation is 1. The van der Waals surface area contributed by atoms with E-state index in [4.69, 9.17) is 28.3 Å². The minimum Gasteiger partial charge on any atom is -0.396 e. The molecular weight excluding hydrogens is 411 g/mol. The molecule has 0 aliphatic carbocycles. The smallest absolute Gasteiger partial charge is 0.251 e. The van der Waals surface area contributed by atoms with Gasteiger partial charge in [0.1, 0.15) is 0 Å². The lowest BCUT2D eigenvalue weighted by Crippen LogP contribution is -2.25. The molecule has 0 saturated heterocycles. The second kappa shape index (κ2) is 9.94. The lowest BCUT2D eigenvalue weighted by atomic mass is 10.2. The van der Waals surface area contributed by atoms with Crippen molar-refractivity contribution >= 4 is 44.8 Å². The van der Waals surface area contributed by atoms with Crippen molar-refractivity contribution in [2.45, 2.75) is 12.8 Å². The standard InChI is InChI=1S/C18H20Cl2N2O4S/c19-16-4-1-3-13(17(16)20)9-12-27(25,26)22-15-7-5-14(6-8-15)18(24)21-10-2-11-23/h1,3-8,22-23H,2,9-12H2,(H,21,24). The summed E-state index contributed by atoms with van der Waals surface area (Å²) in [5.74, 6) is -0.440. The Morgan fingerprint density at radius 2 is 1.78 bits per heavy atom. The van der Waals surface area contributed by atoms with Crippen molar-refractivity contribution in [1.82, 2.24) is 5.32 Å². The Bertz CT molecular complexity index is 887. The molecule has 6 nitrogen and oxygen atoms in total. The molecule has 3 N–H and O–H groups in total. The van der Waals surface area contributed by atoms with E-state index in [-0.39, 0.29) is 24.7 Å². The number of carbonyl (C=O) groups excluding carboxylic acids is 1. The number of amides is 1. The summed E-state index contributed by atoms with van der Waals surface area (Å²) in [5.41, 5.74) is 1.42. The number of aliphatic hydroxyl groups excluding tert-OH is 1. The molecule has 2 rings (SSSR count). The summed E-state index contributed by atoms with van der Waals surface area (Å²) in [5, 5.41) is 12.1. The maximum Gasteiger partial charge on any atom is 0.251 e. The van der Waals surface area contributed by atoms with Crippen LogP contribution in [0.15, 0.2) is 42.5 Å². The highest BCUT2D eigenvalue weighted by molar-refractivity contribution is 7.92. The van der Waals surface area contributed by atoms with Crippen molar-refractivity contribution in [3.8, 4) is 0 Å². The molecule has 0 aliphatic heterocycles. The fourth-order valence-electron chi connectivity index (χ4n) is 2.29. The van der Waals surface area contributed by atoms with Crippen molar-refractivity contribution < 1.29 is 18.3 Å². The molecule has 2 aromatic rings. The molecule has 2 aromatic carbocycles. The van der Waals surface area contributed by atoms with Crippen molar-refractivity contribution in [2.75, 3.05) is 23.6 Å². The first-order valence-electron chi connectivity index (χ1n) is 8.25. The lowest BCUT2D eigenvalue weighted by molar-refractivity contribution is 0.0951. The monoisotopic (exact) mass is 430 g/mol. The van der Waals surface area contributed by atoms with Gasteiger partial charge in [0.2, 0.25) is 10.0 Å². The Balaban J connectivity index is 1.95.